The molecule has 0 radical (unpaired) electrons. The van der Waals surface area contributed by atoms with E-state index in [0.29, 0.717) is 22.8 Å². The van der Waals surface area contributed by atoms with E-state index in [-0.39, 0.29) is 5.91 Å². The van der Waals surface area contributed by atoms with Gasteiger partial charge in [0.05, 0.1) is 22.0 Å². The van der Waals surface area contributed by atoms with Gasteiger partial charge in [0.2, 0.25) is 0 Å². The van der Waals surface area contributed by atoms with Crippen molar-refractivity contribution in [3.8, 4) is 0 Å². The van der Waals surface area contributed by atoms with Crippen LogP contribution in [0.15, 0.2) is 12.1 Å². The first kappa shape index (κ1) is 12.6. The van der Waals surface area contributed by atoms with Gasteiger partial charge in [0.1, 0.15) is 0 Å². The number of hydrogen-bond donors (Lipinski definition) is 3. The lowest BCUT2D eigenvalue weighted by Crippen LogP contribution is -2.23. The fraction of sp³-hybridized carbons (Fsp3) is 0.364. The highest BCUT2D eigenvalue weighted by Gasteiger charge is 2.12. The first-order valence-corrected chi connectivity index (χ1v) is 5.59. The molecule has 0 aromatic heterocycles. The van der Waals surface area contributed by atoms with Gasteiger partial charge in [0, 0.05) is 13.1 Å². The van der Waals surface area contributed by atoms with Crippen LogP contribution in [0.3, 0.4) is 0 Å². The van der Waals surface area contributed by atoms with Gasteiger partial charge in [0.25, 0.3) is 5.91 Å². The Hall–Kier alpha value is -1.42. The molecule has 1 aromatic carbocycles. The number of benzene rings is 1. The maximum absolute atomic E-state index is 11.6. The lowest BCUT2D eigenvalue weighted by atomic mass is 10.1. The lowest BCUT2D eigenvalue weighted by molar-refractivity contribution is 0.0956. The molecule has 1 aromatic rings. The van der Waals surface area contributed by atoms with Crippen molar-refractivity contribution < 1.29 is 4.79 Å². The first-order chi connectivity index (χ1) is 7.60. The molecule has 1 rings (SSSR count). The van der Waals surface area contributed by atoms with Crippen LogP contribution >= 0.6 is 11.6 Å². The van der Waals surface area contributed by atoms with E-state index < -0.39 is 0 Å². The van der Waals surface area contributed by atoms with E-state index in [9.17, 15) is 4.79 Å². The molecule has 0 saturated carbocycles. The molecule has 0 spiro atoms. The molecule has 0 aliphatic heterocycles. The minimum Gasteiger partial charge on any atom is -0.397 e. The van der Waals surface area contributed by atoms with Crippen LogP contribution in [0.2, 0.25) is 5.02 Å². The summed E-state index contributed by atoms with van der Waals surface area (Å²) < 4.78 is 0. The Morgan fingerprint density at radius 2 is 2.06 bits per heavy atom. The zero-order valence-electron chi connectivity index (χ0n) is 9.43. The number of anilines is 2. The second-order valence-electron chi connectivity index (χ2n) is 3.31. The number of nitrogens with two attached hydrogens (primary N) is 1. The second-order valence-corrected chi connectivity index (χ2v) is 3.72. The smallest absolute Gasteiger partial charge is 0.252 e. The van der Waals surface area contributed by atoms with Crippen LogP contribution in [0.1, 0.15) is 24.2 Å². The van der Waals surface area contributed by atoms with E-state index in [1.165, 1.54) is 0 Å². The predicted molar refractivity (Wildman–Crippen MR) is 68.0 cm³/mol. The number of halogens is 1. The fourth-order valence-corrected chi connectivity index (χ4v) is 1.61. The molecule has 16 heavy (non-hydrogen) atoms. The fourth-order valence-electron chi connectivity index (χ4n) is 1.36. The van der Waals surface area contributed by atoms with Gasteiger partial charge in [-0.05, 0) is 26.0 Å². The number of nitrogens with one attached hydrogen (secondary N) is 2. The number of amides is 1. The Kier molecular flexibility index (Phi) is 4.43. The molecule has 0 unspecified atom stereocenters. The standard InChI is InChI=1S/C11H16ClN3O/c1-3-14-10-6-8(12)7(5-9(10)13)11(16)15-4-2/h5-6,14H,3-4,13H2,1-2H3,(H,15,16). The molecule has 4 N–H and O–H groups in total. The topological polar surface area (TPSA) is 67.2 Å². The normalized spacial score (nSPS) is 9.94. The van der Waals surface area contributed by atoms with E-state index in [1.807, 2.05) is 13.8 Å². The van der Waals surface area contributed by atoms with Gasteiger partial charge < -0.3 is 16.4 Å². The highest BCUT2D eigenvalue weighted by atomic mass is 35.5. The van der Waals surface area contributed by atoms with E-state index in [4.69, 9.17) is 17.3 Å². The number of rotatable bonds is 4. The molecular formula is C11H16ClN3O. The Labute approximate surface area is 100 Å². The number of carbonyl (C=O) groups is 1. The van der Waals surface area contributed by atoms with Gasteiger partial charge in [0.15, 0.2) is 0 Å². The van der Waals surface area contributed by atoms with Crippen LogP contribution in [-0.2, 0) is 0 Å². The third-order valence-electron chi connectivity index (χ3n) is 2.09. The third kappa shape index (κ3) is 2.79. The summed E-state index contributed by atoms with van der Waals surface area (Å²) in [5.74, 6) is -0.206. The van der Waals surface area contributed by atoms with Gasteiger partial charge in [-0.25, -0.2) is 0 Å². The first-order valence-electron chi connectivity index (χ1n) is 5.21. The Balaban J connectivity index is 3.05. The summed E-state index contributed by atoms with van der Waals surface area (Å²) in [6.07, 6.45) is 0. The van der Waals surface area contributed by atoms with Gasteiger partial charge in [-0.3, -0.25) is 4.79 Å². The van der Waals surface area contributed by atoms with Gasteiger partial charge in [-0.2, -0.15) is 0 Å². The molecule has 0 heterocycles. The van der Waals surface area contributed by atoms with Crippen molar-refractivity contribution in [3.05, 3.63) is 22.7 Å². The summed E-state index contributed by atoms with van der Waals surface area (Å²) in [6.45, 7) is 5.12. The lowest BCUT2D eigenvalue weighted by Gasteiger charge is -2.11. The monoisotopic (exact) mass is 241 g/mol. The molecule has 0 atom stereocenters. The van der Waals surface area contributed by atoms with Crippen molar-refractivity contribution in [2.75, 3.05) is 24.1 Å². The molecule has 88 valence electrons. The van der Waals surface area contributed by atoms with E-state index in [0.717, 1.165) is 12.2 Å². The summed E-state index contributed by atoms with van der Waals surface area (Å²) in [6, 6.07) is 3.26. The summed E-state index contributed by atoms with van der Waals surface area (Å²) in [7, 11) is 0. The van der Waals surface area contributed by atoms with Gasteiger partial charge in [-0.15, -0.1) is 0 Å². The third-order valence-corrected chi connectivity index (χ3v) is 2.40. The Morgan fingerprint density at radius 3 is 2.62 bits per heavy atom. The highest BCUT2D eigenvalue weighted by Crippen LogP contribution is 2.27. The number of nitrogen functional groups attached to an aromatic ring is 1. The van der Waals surface area contributed by atoms with Crippen LogP contribution in [0.5, 0.6) is 0 Å². The van der Waals surface area contributed by atoms with Crippen LogP contribution in [0.4, 0.5) is 11.4 Å². The minimum absolute atomic E-state index is 0.206. The Bertz CT molecular complexity index is 393. The van der Waals surface area contributed by atoms with Crippen LogP contribution in [0, 0.1) is 0 Å². The average molecular weight is 242 g/mol. The van der Waals surface area contributed by atoms with Crippen molar-refractivity contribution >= 4 is 28.9 Å². The largest absolute Gasteiger partial charge is 0.397 e. The molecule has 1 amide bonds. The predicted octanol–water partition coefficient (Wildman–Crippen LogP) is 2.10. The minimum atomic E-state index is -0.206. The van der Waals surface area contributed by atoms with Crippen LogP contribution < -0.4 is 16.4 Å². The molecule has 0 saturated heterocycles. The zero-order valence-corrected chi connectivity index (χ0v) is 10.2. The van der Waals surface area contributed by atoms with Crippen molar-refractivity contribution in [3.63, 3.8) is 0 Å². The second kappa shape index (κ2) is 5.61. The molecular weight excluding hydrogens is 226 g/mol. The van der Waals surface area contributed by atoms with Crippen LogP contribution in [0.25, 0.3) is 0 Å². The summed E-state index contributed by atoms with van der Waals surface area (Å²) >= 11 is 6.01. The molecule has 0 aliphatic rings. The number of hydrogen-bond acceptors (Lipinski definition) is 3. The zero-order chi connectivity index (χ0) is 12.1. The Morgan fingerprint density at radius 1 is 1.38 bits per heavy atom. The molecule has 0 fully saturated rings. The van der Waals surface area contributed by atoms with Crippen molar-refractivity contribution in [1.82, 2.24) is 5.32 Å². The van der Waals surface area contributed by atoms with E-state index >= 15 is 0 Å². The molecule has 4 nitrogen and oxygen atoms in total. The van der Waals surface area contributed by atoms with Crippen molar-refractivity contribution in [1.29, 1.82) is 0 Å². The van der Waals surface area contributed by atoms with Crippen molar-refractivity contribution in [2.45, 2.75) is 13.8 Å². The molecule has 0 bridgehead atoms. The van der Waals surface area contributed by atoms with Gasteiger partial charge in [-0.1, -0.05) is 11.6 Å². The quantitative estimate of drug-likeness (QED) is 0.708. The van der Waals surface area contributed by atoms with Crippen LogP contribution in [-0.4, -0.2) is 19.0 Å². The maximum Gasteiger partial charge on any atom is 0.252 e. The molecule has 0 aliphatic carbocycles. The van der Waals surface area contributed by atoms with E-state index in [1.54, 1.807) is 12.1 Å². The summed E-state index contributed by atoms with van der Waals surface area (Å²) in [4.78, 5) is 11.6. The average Bonchev–Trinajstić information content (AvgIpc) is 2.23. The molecule has 5 heteroatoms. The van der Waals surface area contributed by atoms with Crippen molar-refractivity contribution in [2.24, 2.45) is 0 Å². The van der Waals surface area contributed by atoms with Gasteiger partial charge >= 0.3 is 0 Å². The number of carbonyl (C=O) groups excluding carboxylic acids is 1. The summed E-state index contributed by atoms with van der Waals surface area (Å²) in [5, 5.41) is 6.15. The van der Waals surface area contributed by atoms with E-state index in [2.05, 4.69) is 10.6 Å². The summed E-state index contributed by atoms with van der Waals surface area (Å²) in [5.41, 5.74) is 7.49. The SMILES string of the molecule is CCNC(=O)c1cc(N)c(NCC)cc1Cl. The highest BCUT2D eigenvalue weighted by molar-refractivity contribution is 6.34. The maximum atomic E-state index is 11.6.